The highest BCUT2D eigenvalue weighted by Crippen LogP contribution is 2.21. The van der Waals surface area contributed by atoms with E-state index in [1.807, 2.05) is 7.05 Å². The fraction of sp³-hybridized carbons (Fsp3) is 0.538. The number of halogens is 1. The average molecular weight is 318 g/mol. The van der Waals surface area contributed by atoms with Gasteiger partial charge in [0, 0.05) is 17.6 Å². The molecule has 1 aliphatic heterocycles. The van der Waals surface area contributed by atoms with E-state index >= 15 is 0 Å². The van der Waals surface area contributed by atoms with Gasteiger partial charge < -0.3 is 10.6 Å². The maximum atomic E-state index is 12.4. The number of piperidine rings is 1. The second kappa shape index (κ2) is 6.41. The summed E-state index contributed by atoms with van der Waals surface area (Å²) >= 11 is 5.95. The molecule has 1 fully saturated rings. The third kappa shape index (κ3) is 3.71. The van der Waals surface area contributed by atoms with E-state index in [-0.39, 0.29) is 17.5 Å². The molecule has 0 amide bonds. The monoisotopic (exact) mass is 317 g/mol. The fourth-order valence-corrected chi connectivity index (χ4v) is 3.84. The Hall–Kier alpha value is -0.660. The number of likely N-dealkylation sites (tertiary alicyclic amines) is 1. The molecular formula is C13H20ClN3O2S. The molecule has 1 heterocycles. The van der Waals surface area contributed by atoms with Gasteiger partial charge >= 0.3 is 0 Å². The first-order valence-electron chi connectivity index (χ1n) is 6.62. The maximum absolute atomic E-state index is 12.4. The molecule has 0 unspecified atom stereocenters. The van der Waals surface area contributed by atoms with Crippen LogP contribution in [0.5, 0.6) is 0 Å². The van der Waals surface area contributed by atoms with Crippen LogP contribution < -0.4 is 10.5 Å². The predicted molar refractivity (Wildman–Crippen MR) is 80.2 cm³/mol. The molecule has 7 heteroatoms. The van der Waals surface area contributed by atoms with Crippen molar-refractivity contribution in [1.29, 1.82) is 0 Å². The van der Waals surface area contributed by atoms with Crippen LogP contribution in [0.1, 0.15) is 18.4 Å². The summed E-state index contributed by atoms with van der Waals surface area (Å²) in [6.45, 7) is 2.03. The van der Waals surface area contributed by atoms with Crippen LogP contribution >= 0.6 is 11.6 Å². The van der Waals surface area contributed by atoms with Crippen molar-refractivity contribution in [3.05, 3.63) is 28.8 Å². The Bertz CT molecular complexity index is 569. The molecule has 0 bridgehead atoms. The van der Waals surface area contributed by atoms with Crippen molar-refractivity contribution in [3.63, 3.8) is 0 Å². The van der Waals surface area contributed by atoms with Crippen LogP contribution in [0.3, 0.4) is 0 Å². The smallest absolute Gasteiger partial charge is 0.240 e. The summed E-state index contributed by atoms with van der Waals surface area (Å²) < 4.78 is 27.5. The van der Waals surface area contributed by atoms with Crippen molar-refractivity contribution in [2.75, 3.05) is 20.1 Å². The average Bonchev–Trinajstić information content (AvgIpc) is 2.41. The van der Waals surface area contributed by atoms with Crippen molar-refractivity contribution in [2.24, 2.45) is 5.73 Å². The first-order valence-corrected chi connectivity index (χ1v) is 8.48. The molecule has 0 saturated carbocycles. The molecule has 0 spiro atoms. The number of hydrogen-bond donors (Lipinski definition) is 2. The van der Waals surface area contributed by atoms with E-state index in [2.05, 4.69) is 9.62 Å². The predicted octanol–water partition coefficient (Wildman–Crippen LogP) is 1.17. The second-order valence-corrected chi connectivity index (χ2v) is 7.28. The number of nitrogens with two attached hydrogens (primary N) is 1. The van der Waals surface area contributed by atoms with Gasteiger partial charge in [0.15, 0.2) is 0 Å². The van der Waals surface area contributed by atoms with Crippen LogP contribution in [0.25, 0.3) is 0 Å². The van der Waals surface area contributed by atoms with Crippen LogP contribution in [-0.4, -0.2) is 39.5 Å². The van der Waals surface area contributed by atoms with Crippen molar-refractivity contribution >= 4 is 21.6 Å². The van der Waals surface area contributed by atoms with E-state index in [4.69, 9.17) is 17.3 Å². The summed E-state index contributed by atoms with van der Waals surface area (Å²) in [5.74, 6) is 0. The first kappa shape index (κ1) is 15.7. The highest BCUT2D eigenvalue weighted by molar-refractivity contribution is 7.89. The molecule has 0 atom stereocenters. The van der Waals surface area contributed by atoms with Crippen LogP contribution in [0, 0.1) is 0 Å². The van der Waals surface area contributed by atoms with Gasteiger partial charge in [-0.2, -0.15) is 0 Å². The molecule has 1 aromatic carbocycles. The Balaban J connectivity index is 2.14. The van der Waals surface area contributed by atoms with Crippen molar-refractivity contribution in [2.45, 2.75) is 30.3 Å². The number of sulfonamides is 1. The fourth-order valence-electron chi connectivity index (χ4n) is 2.29. The molecule has 0 aliphatic carbocycles. The molecule has 112 valence electrons. The summed E-state index contributed by atoms with van der Waals surface area (Å²) in [6.07, 6.45) is 1.65. The molecule has 20 heavy (non-hydrogen) atoms. The van der Waals surface area contributed by atoms with Crippen molar-refractivity contribution in [1.82, 2.24) is 9.62 Å². The maximum Gasteiger partial charge on any atom is 0.240 e. The lowest BCUT2D eigenvalue weighted by atomic mass is 10.1. The van der Waals surface area contributed by atoms with Gasteiger partial charge in [0.1, 0.15) is 0 Å². The minimum Gasteiger partial charge on any atom is -0.326 e. The molecule has 3 N–H and O–H groups in total. The van der Waals surface area contributed by atoms with Gasteiger partial charge in [-0.3, -0.25) is 0 Å². The number of rotatable bonds is 4. The van der Waals surface area contributed by atoms with Gasteiger partial charge in [-0.15, -0.1) is 0 Å². The second-order valence-electron chi connectivity index (χ2n) is 5.16. The standard InChI is InChI=1S/C13H20ClN3O2S/c1-17-6-4-11(5-7-17)16-20(18,19)12-2-3-13(14)10(8-12)9-15/h2-3,8,11,16H,4-7,9,15H2,1H3. The third-order valence-corrected chi connectivity index (χ3v) is 5.47. The van der Waals surface area contributed by atoms with Crippen LogP contribution in [0.15, 0.2) is 23.1 Å². The zero-order chi connectivity index (χ0) is 14.8. The Labute approximate surface area is 125 Å². The van der Waals surface area contributed by atoms with Crippen molar-refractivity contribution in [3.8, 4) is 0 Å². The topological polar surface area (TPSA) is 75.4 Å². The van der Waals surface area contributed by atoms with E-state index < -0.39 is 10.0 Å². The minimum atomic E-state index is -3.51. The first-order chi connectivity index (χ1) is 9.42. The number of nitrogens with one attached hydrogen (secondary N) is 1. The van der Waals surface area contributed by atoms with E-state index in [0.717, 1.165) is 25.9 Å². The molecular weight excluding hydrogens is 298 g/mol. The lowest BCUT2D eigenvalue weighted by molar-refractivity contribution is 0.248. The van der Waals surface area contributed by atoms with E-state index in [1.54, 1.807) is 12.1 Å². The highest BCUT2D eigenvalue weighted by Gasteiger charge is 2.23. The molecule has 5 nitrogen and oxygen atoms in total. The Morgan fingerprint density at radius 2 is 2.05 bits per heavy atom. The Kier molecular flexibility index (Phi) is 5.04. The zero-order valence-corrected chi connectivity index (χ0v) is 13.0. The summed E-state index contributed by atoms with van der Waals surface area (Å²) in [4.78, 5) is 2.42. The molecule has 2 rings (SSSR count). The molecule has 0 aromatic heterocycles. The van der Waals surface area contributed by atoms with Crippen molar-refractivity contribution < 1.29 is 8.42 Å². The van der Waals surface area contributed by atoms with Gasteiger partial charge in [0.05, 0.1) is 4.90 Å². The highest BCUT2D eigenvalue weighted by atomic mass is 35.5. The van der Waals surface area contributed by atoms with Crippen LogP contribution in [0.4, 0.5) is 0 Å². The number of hydrogen-bond acceptors (Lipinski definition) is 4. The lowest BCUT2D eigenvalue weighted by Gasteiger charge is -2.29. The van der Waals surface area contributed by atoms with E-state index in [1.165, 1.54) is 6.07 Å². The van der Waals surface area contributed by atoms with Gasteiger partial charge in [-0.1, -0.05) is 11.6 Å². The zero-order valence-electron chi connectivity index (χ0n) is 11.5. The summed E-state index contributed by atoms with van der Waals surface area (Å²) in [7, 11) is -1.47. The molecule has 1 aromatic rings. The Morgan fingerprint density at radius 3 is 2.65 bits per heavy atom. The number of nitrogens with zero attached hydrogens (tertiary/aromatic N) is 1. The third-order valence-electron chi connectivity index (χ3n) is 3.59. The largest absolute Gasteiger partial charge is 0.326 e. The van der Waals surface area contributed by atoms with Gasteiger partial charge in [-0.05, 0) is 56.7 Å². The van der Waals surface area contributed by atoms with Crippen LogP contribution in [0.2, 0.25) is 5.02 Å². The molecule has 0 radical (unpaired) electrons. The lowest BCUT2D eigenvalue weighted by Crippen LogP contribution is -2.43. The molecule has 1 aliphatic rings. The van der Waals surface area contributed by atoms with E-state index in [9.17, 15) is 8.42 Å². The summed E-state index contributed by atoms with van der Waals surface area (Å²) in [6, 6.07) is 4.62. The Morgan fingerprint density at radius 1 is 1.40 bits per heavy atom. The summed E-state index contributed by atoms with van der Waals surface area (Å²) in [5, 5.41) is 0.491. The van der Waals surface area contributed by atoms with Gasteiger partial charge in [0.25, 0.3) is 0 Å². The van der Waals surface area contributed by atoms with Gasteiger partial charge in [-0.25, -0.2) is 13.1 Å². The van der Waals surface area contributed by atoms with Gasteiger partial charge in [0.2, 0.25) is 10.0 Å². The van der Waals surface area contributed by atoms with Crippen LogP contribution in [-0.2, 0) is 16.6 Å². The SMILES string of the molecule is CN1CCC(NS(=O)(=O)c2ccc(Cl)c(CN)c2)CC1. The van der Waals surface area contributed by atoms with E-state index in [0.29, 0.717) is 10.6 Å². The quantitative estimate of drug-likeness (QED) is 0.874. The minimum absolute atomic E-state index is 0.00629. The normalized spacial score (nSPS) is 18.4. The number of benzene rings is 1. The summed E-state index contributed by atoms with van der Waals surface area (Å²) in [5.41, 5.74) is 6.19. The molecule has 1 saturated heterocycles.